The van der Waals surface area contributed by atoms with E-state index in [1.54, 1.807) is 11.8 Å². The van der Waals surface area contributed by atoms with E-state index in [1.807, 2.05) is 12.1 Å². The molecule has 0 radical (unpaired) electrons. The van der Waals surface area contributed by atoms with Crippen molar-refractivity contribution in [3.05, 3.63) is 28.7 Å². The van der Waals surface area contributed by atoms with Gasteiger partial charge in [0.25, 0.3) is 0 Å². The van der Waals surface area contributed by atoms with Crippen LogP contribution in [0, 0.1) is 5.41 Å². The molecule has 2 nitrogen and oxygen atoms in total. The predicted molar refractivity (Wildman–Crippen MR) is 66.0 cm³/mol. The Morgan fingerprint density at radius 2 is 2.29 bits per heavy atom. The number of amidine groups is 1. The van der Waals surface area contributed by atoms with Crippen LogP contribution in [0.4, 0.5) is 0 Å². The molecule has 0 saturated heterocycles. The Balaban J connectivity index is 2.28. The van der Waals surface area contributed by atoms with Gasteiger partial charge in [-0.3, -0.25) is 5.41 Å². The molecule has 4 heteroatoms. The third kappa shape index (κ3) is 4.67. The molecule has 0 fully saturated rings. The SMILES string of the molecule is N=C(N)CCCSc1cccc(Br)c1. The van der Waals surface area contributed by atoms with Crippen LogP contribution in [-0.4, -0.2) is 11.6 Å². The lowest BCUT2D eigenvalue weighted by molar-refractivity contribution is 0.988. The minimum absolute atomic E-state index is 0.278. The molecule has 0 atom stereocenters. The second-order valence-corrected chi connectivity index (χ2v) is 5.02. The van der Waals surface area contributed by atoms with Crippen molar-refractivity contribution >= 4 is 33.5 Å². The van der Waals surface area contributed by atoms with Gasteiger partial charge in [0, 0.05) is 15.8 Å². The standard InChI is InChI=1S/C10H13BrN2S/c11-8-3-1-4-9(7-8)14-6-2-5-10(12)13/h1,3-4,7H,2,5-6H2,(H3,12,13). The number of hydrogen-bond acceptors (Lipinski definition) is 2. The van der Waals surface area contributed by atoms with Gasteiger partial charge >= 0.3 is 0 Å². The van der Waals surface area contributed by atoms with E-state index in [1.165, 1.54) is 4.90 Å². The predicted octanol–water partition coefficient (Wildman–Crippen LogP) is 3.26. The molecular formula is C10H13BrN2S. The first kappa shape index (κ1) is 11.6. The van der Waals surface area contributed by atoms with E-state index >= 15 is 0 Å². The third-order valence-electron chi connectivity index (χ3n) is 1.66. The highest BCUT2D eigenvalue weighted by Crippen LogP contribution is 2.22. The fourth-order valence-corrected chi connectivity index (χ4v) is 2.47. The van der Waals surface area contributed by atoms with Crippen LogP contribution < -0.4 is 5.73 Å². The number of nitrogens with one attached hydrogen (secondary N) is 1. The summed E-state index contributed by atoms with van der Waals surface area (Å²) in [7, 11) is 0. The summed E-state index contributed by atoms with van der Waals surface area (Å²) in [6.45, 7) is 0. The smallest absolute Gasteiger partial charge is 0.0905 e. The quantitative estimate of drug-likeness (QED) is 0.374. The maximum atomic E-state index is 7.07. The highest BCUT2D eigenvalue weighted by Gasteiger charge is 1.95. The van der Waals surface area contributed by atoms with Crippen LogP contribution in [0.2, 0.25) is 0 Å². The zero-order valence-corrected chi connectivity index (χ0v) is 10.2. The minimum atomic E-state index is 0.278. The van der Waals surface area contributed by atoms with Crippen LogP contribution in [0.3, 0.4) is 0 Å². The highest BCUT2D eigenvalue weighted by atomic mass is 79.9. The highest BCUT2D eigenvalue weighted by molar-refractivity contribution is 9.10. The van der Waals surface area contributed by atoms with Gasteiger partial charge in [0.15, 0.2) is 0 Å². The lowest BCUT2D eigenvalue weighted by Crippen LogP contribution is -2.08. The topological polar surface area (TPSA) is 49.9 Å². The van der Waals surface area contributed by atoms with Gasteiger partial charge in [-0.1, -0.05) is 22.0 Å². The van der Waals surface area contributed by atoms with Crippen LogP contribution in [0.5, 0.6) is 0 Å². The van der Waals surface area contributed by atoms with Gasteiger partial charge in [0.05, 0.1) is 5.84 Å². The van der Waals surface area contributed by atoms with Crippen molar-refractivity contribution in [2.24, 2.45) is 5.73 Å². The van der Waals surface area contributed by atoms with Gasteiger partial charge in [0.2, 0.25) is 0 Å². The summed E-state index contributed by atoms with van der Waals surface area (Å²) in [6.07, 6.45) is 1.66. The molecule has 0 spiro atoms. The normalized spacial score (nSPS) is 10.1. The number of thioether (sulfide) groups is 1. The van der Waals surface area contributed by atoms with E-state index in [2.05, 4.69) is 28.1 Å². The van der Waals surface area contributed by atoms with Crippen molar-refractivity contribution in [2.45, 2.75) is 17.7 Å². The van der Waals surface area contributed by atoms with Crippen LogP contribution in [0.1, 0.15) is 12.8 Å². The first-order valence-electron chi connectivity index (χ1n) is 4.40. The molecule has 0 aliphatic carbocycles. The zero-order valence-electron chi connectivity index (χ0n) is 7.79. The second kappa shape index (κ2) is 6.09. The Bertz CT molecular complexity index is 315. The van der Waals surface area contributed by atoms with Crippen LogP contribution in [0.25, 0.3) is 0 Å². The van der Waals surface area contributed by atoms with Gasteiger partial charge in [-0.05, 0) is 30.4 Å². The van der Waals surface area contributed by atoms with E-state index in [4.69, 9.17) is 11.1 Å². The average Bonchev–Trinajstić information content (AvgIpc) is 2.12. The maximum Gasteiger partial charge on any atom is 0.0905 e. The lowest BCUT2D eigenvalue weighted by atomic mass is 10.3. The van der Waals surface area contributed by atoms with E-state index in [-0.39, 0.29) is 5.84 Å². The van der Waals surface area contributed by atoms with Crippen molar-refractivity contribution in [1.29, 1.82) is 5.41 Å². The van der Waals surface area contributed by atoms with Crippen LogP contribution in [0.15, 0.2) is 33.6 Å². The molecule has 0 aliphatic heterocycles. The summed E-state index contributed by atoms with van der Waals surface area (Å²) in [6, 6.07) is 8.22. The van der Waals surface area contributed by atoms with Gasteiger partial charge < -0.3 is 5.73 Å². The summed E-state index contributed by atoms with van der Waals surface area (Å²) in [5.74, 6) is 1.29. The van der Waals surface area contributed by atoms with Crippen molar-refractivity contribution in [3.8, 4) is 0 Å². The van der Waals surface area contributed by atoms with Gasteiger partial charge in [-0.2, -0.15) is 0 Å². The van der Waals surface area contributed by atoms with Crippen molar-refractivity contribution in [2.75, 3.05) is 5.75 Å². The Morgan fingerprint density at radius 1 is 1.50 bits per heavy atom. The summed E-state index contributed by atoms with van der Waals surface area (Å²) >= 11 is 5.22. The van der Waals surface area contributed by atoms with Crippen LogP contribution in [-0.2, 0) is 0 Å². The molecular weight excluding hydrogens is 260 g/mol. The van der Waals surface area contributed by atoms with Crippen molar-refractivity contribution in [1.82, 2.24) is 0 Å². The fraction of sp³-hybridized carbons (Fsp3) is 0.300. The molecule has 1 aromatic rings. The van der Waals surface area contributed by atoms with Crippen molar-refractivity contribution < 1.29 is 0 Å². The summed E-state index contributed by atoms with van der Waals surface area (Å²) in [5, 5.41) is 7.07. The molecule has 0 aromatic heterocycles. The molecule has 0 amide bonds. The lowest BCUT2D eigenvalue weighted by Gasteiger charge is -2.01. The number of benzene rings is 1. The third-order valence-corrected chi connectivity index (χ3v) is 3.23. The number of rotatable bonds is 5. The largest absolute Gasteiger partial charge is 0.388 e. The van der Waals surface area contributed by atoms with Crippen LogP contribution >= 0.6 is 27.7 Å². The van der Waals surface area contributed by atoms with Crippen molar-refractivity contribution in [3.63, 3.8) is 0 Å². The van der Waals surface area contributed by atoms with Gasteiger partial charge in [0.1, 0.15) is 0 Å². The van der Waals surface area contributed by atoms with E-state index < -0.39 is 0 Å². The molecule has 0 saturated carbocycles. The zero-order chi connectivity index (χ0) is 10.4. The molecule has 1 aromatic carbocycles. The Hall–Kier alpha value is -0.480. The first-order valence-corrected chi connectivity index (χ1v) is 6.17. The van der Waals surface area contributed by atoms with Gasteiger partial charge in [-0.25, -0.2) is 0 Å². The Morgan fingerprint density at radius 3 is 2.93 bits per heavy atom. The second-order valence-electron chi connectivity index (χ2n) is 2.93. The first-order chi connectivity index (χ1) is 6.68. The molecule has 76 valence electrons. The Kier molecular flexibility index (Phi) is 5.04. The van der Waals surface area contributed by atoms with Gasteiger partial charge in [-0.15, -0.1) is 11.8 Å². The molecule has 0 bridgehead atoms. The Labute approximate surface area is 96.9 Å². The molecule has 0 unspecified atom stereocenters. The maximum absolute atomic E-state index is 7.07. The van der Waals surface area contributed by atoms with E-state index in [0.717, 1.165) is 16.6 Å². The van der Waals surface area contributed by atoms with E-state index in [0.29, 0.717) is 6.42 Å². The molecule has 1 rings (SSSR count). The monoisotopic (exact) mass is 272 g/mol. The van der Waals surface area contributed by atoms with E-state index in [9.17, 15) is 0 Å². The summed E-state index contributed by atoms with van der Waals surface area (Å²) < 4.78 is 1.11. The molecule has 0 heterocycles. The molecule has 14 heavy (non-hydrogen) atoms. The molecule has 0 aliphatic rings. The number of hydrogen-bond donors (Lipinski definition) is 2. The number of nitrogens with two attached hydrogens (primary N) is 1. The summed E-state index contributed by atoms with van der Waals surface area (Å²) in [5.41, 5.74) is 5.26. The number of halogens is 1. The fourth-order valence-electron chi connectivity index (χ4n) is 1.01. The minimum Gasteiger partial charge on any atom is -0.388 e. The average molecular weight is 273 g/mol. The summed E-state index contributed by atoms with van der Waals surface area (Å²) in [4.78, 5) is 1.25. The molecule has 3 N–H and O–H groups in total.